The van der Waals surface area contributed by atoms with Crippen molar-refractivity contribution in [1.82, 2.24) is 29.9 Å². The van der Waals surface area contributed by atoms with Crippen LogP contribution in [0.15, 0.2) is 71.9 Å². The standard InChI is InChI=1S/C24H16N6OS/c1-13-27-12-20(32-13)22-21(15-6-7-17-14(10-15)4-2-8-25-17)28-19-11-16(18-5-3-9-26-18)24(31)30-23(19)29-22/h2-12,26H,1H3,(H,29,30,31). The number of nitrogens with one attached hydrogen (secondary N) is 2. The fraction of sp³-hybridized carbons (Fsp3) is 0.0417. The number of H-pyrrole nitrogens is 2. The average Bonchev–Trinajstić information content (AvgIpc) is 3.49. The number of aromatic amines is 2. The highest BCUT2D eigenvalue weighted by molar-refractivity contribution is 7.15. The third kappa shape index (κ3) is 3.09. The van der Waals surface area contributed by atoms with Crippen LogP contribution >= 0.6 is 11.3 Å². The van der Waals surface area contributed by atoms with E-state index in [4.69, 9.17) is 9.97 Å². The third-order valence-corrected chi connectivity index (χ3v) is 6.22. The van der Waals surface area contributed by atoms with Gasteiger partial charge in [-0.3, -0.25) is 9.78 Å². The number of fused-ring (bicyclic) bond motifs is 2. The lowest BCUT2D eigenvalue weighted by Gasteiger charge is -2.10. The van der Waals surface area contributed by atoms with Crippen LogP contribution in [0, 0.1) is 6.92 Å². The molecular formula is C24H16N6OS. The molecule has 6 rings (SSSR count). The van der Waals surface area contributed by atoms with Crippen LogP contribution in [-0.2, 0) is 0 Å². The highest BCUT2D eigenvalue weighted by atomic mass is 32.1. The number of thiazole rings is 1. The van der Waals surface area contributed by atoms with E-state index in [2.05, 4.69) is 26.0 Å². The molecular weight excluding hydrogens is 420 g/mol. The van der Waals surface area contributed by atoms with E-state index in [9.17, 15) is 4.79 Å². The first-order valence-corrected chi connectivity index (χ1v) is 10.8. The molecule has 6 aromatic rings. The van der Waals surface area contributed by atoms with Crippen LogP contribution in [0.2, 0.25) is 0 Å². The van der Waals surface area contributed by atoms with E-state index in [1.807, 2.05) is 43.3 Å². The molecule has 32 heavy (non-hydrogen) atoms. The lowest BCUT2D eigenvalue weighted by atomic mass is 10.1. The summed E-state index contributed by atoms with van der Waals surface area (Å²) < 4.78 is 0. The molecule has 0 aliphatic rings. The molecule has 154 valence electrons. The topological polar surface area (TPSA) is 100 Å². The summed E-state index contributed by atoms with van der Waals surface area (Å²) in [6.45, 7) is 1.95. The van der Waals surface area contributed by atoms with Crippen molar-refractivity contribution in [2.75, 3.05) is 0 Å². The van der Waals surface area contributed by atoms with E-state index in [0.717, 1.165) is 37.7 Å². The fourth-order valence-electron chi connectivity index (χ4n) is 3.78. The monoisotopic (exact) mass is 436 g/mol. The molecule has 0 atom stereocenters. The fourth-order valence-corrected chi connectivity index (χ4v) is 4.55. The number of hydrogen-bond acceptors (Lipinski definition) is 6. The van der Waals surface area contributed by atoms with Crippen molar-refractivity contribution >= 4 is 33.4 Å². The van der Waals surface area contributed by atoms with E-state index in [1.54, 1.807) is 36.0 Å². The summed E-state index contributed by atoms with van der Waals surface area (Å²) in [5.41, 5.74) is 5.35. The Morgan fingerprint density at radius 2 is 1.88 bits per heavy atom. The third-order valence-electron chi connectivity index (χ3n) is 5.30. The molecule has 0 saturated carbocycles. The largest absolute Gasteiger partial charge is 0.361 e. The second-order valence-electron chi connectivity index (χ2n) is 7.41. The van der Waals surface area contributed by atoms with Crippen molar-refractivity contribution in [3.63, 3.8) is 0 Å². The van der Waals surface area contributed by atoms with Gasteiger partial charge in [-0.25, -0.2) is 15.0 Å². The summed E-state index contributed by atoms with van der Waals surface area (Å²) in [7, 11) is 0. The number of pyridine rings is 2. The second-order valence-corrected chi connectivity index (χ2v) is 8.64. The number of rotatable bonds is 3. The normalized spacial score (nSPS) is 11.4. The van der Waals surface area contributed by atoms with Crippen molar-refractivity contribution < 1.29 is 0 Å². The molecule has 0 saturated heterocycles. The predicted molar refractivity (Wildman–Crippen MR) is 127 cm³/mol. The molecule has 0 unspecified atom stereocenters. The zero-order valence-corrected chi connectivity index (χ0v) is 17.8. The van der Waals surface area contributed by atoms with Gasteiger partial charge in [-0.05, 0) is 43.3 Å². The molecule has 7 nitrogen and oxygen atoms in total. The van der Waals surface area contributed by atoms with Crippen LogP contribution in [0.1, 0.15) is 5.01 Å². The van der Waals surface area contributed by atoms with Gasteiger partial charge in [-0.1, -0.05) is 12.1 Å². The SMILES string of the molecule is Cc1ncc(-c2nc3[nH]c(=O)c(-c4ccc[nH]4)cc3nc2-c2ccc3ncccc3c2)s1. The summed E-state index contributed by atoms with van der Waals surface area (Å²) in [5, 5.41) is 1.96. The predicted octanol–water partition coefficient (Wildman–Crippen LogP) is 4.96. The van der Waals surface area contributed by atoms with Gasteiger partial charge in [0.15, 0.2) is 5.65 Å². The van der Waals surface area contributed by atoms with Gasteiger partial charge in [-0.2, -0.15) is 0 Å². The average molecular weight is 437 g/mol. The molecule has 1 aromatic carbocycles. The quantitative estimate of drug-likeness (QED) is 0.408. The minimum atomic E-state index is -0.217. The van der Waals surface area contributed by atoms with Gasteiger partial charge >= 0.3 is 0 Å². The van der Waals surface area contributed by atoms with Gasteiger partial charge in [0.05, 0.1) is 32.4 Å². The number of aryl methyl sites for hydroxylation is 1. The molecule has 0 radical (unpaired) electrons. The molecule has 0 aliphatic heterocycles. The smallest absolute Gasteiger partial charge is 0.259 e. The van der Waals surface area contributed by atoms with Gasteiger partial charge in [-0.15, -0.1) is 11.3 Å². The van der Waals surface area contributed by atoms with Crippen LogP contribution < -0.4 is 5.56 Å². The molecule has 8 heteroatoms. The maximum Gasteiger partial charge on any atom is 0.259 e. The number of aromatic nitrogens is 6. The van der Waals surface area contributed by atoms with E-state index < -0.39 is 0 Å². The first-order chi connectivity index (χ1) is 15.7. The maximum absolute atomic E-state index is 12.7. The summed E-state index contributed by atoms with van der Waals surface area (Å²) >= 11 is 1.54. The molecule has 5 heterocycles. The van der Waals surface area contributed by atoms with Crippen LogP contribution in [0.25, 0.3) is 55.2 Å². The van der Waals surface area contributed by atoms with Gasteiger partial charge in [0.2, 0.25) is 0 Å². The molecule has 0 spiro atoms. The zero-order valence-electron chi connectivity index (χ0n) is 17.0. The number of benzene rings is 1. The second kappa shape index (κ2) is 7.21. The van der Waals surface area contributed by atoms with E-state index in [1.165, 1.54) is 0 Å². The van der Waals surface area contributed by atoms with Crippen molar-refractivity contribution in [2.45, 2.75) is 6.92 Å². The Morgan fingerprint density at radius 3 is 2.69 bits per heavy atom. The van der Waals surface area contributed by atoms with Crippen molar-refractivity contribution in [3.05, 3.63) is 82.5 Å². The van der Waals surface area contributed by atoms with Gasteiger partial charge in [0.25, 0.3) is 5.56 Å². The molecule has 0 amide bonds. The highest BCUT2D eigenvalue weighted by Crippen LogP contribution is 2.34. The maximum atomic E-state index is 12.7. The lowest BCUT2D eigenvalue weighted by molar-refractivity contribution is 1.19. The summed E-state index contributed by atoms with van der Waals surface area (Å²) in [6.07, 6.45) is 5.36. The summed E-state index contributed by atoms with van der Waals surface area (Å²) in [6, 6.07) is 15.5. The van der Waals surface area contributed by atoms with Crippen molar-refractivity contribution in [3.8, 4) is 33.1 Å². The Labute approximate surface area is 185 Å². The summed E-state index contributed by atoms with van der Waals surface area (Å²) in [5.74, 6) is 0. The minimum absolute atomic E-state index is 0.217. The molecule has 2 N–H and O–H groups in total. The van der Waals surface area contributed by atoms with E-state index >= 15 is 0 Å². The van der Waals surface area contributed by atoms with Crippen molar-refractivity contribution in [2.24, 2.45) is 0 Å². The number of nitrogens with zero attached hydrogens (tertiary/aromatic N) is 4. The van der Waals surface area contributed by atoms with Crippen LogP contribution in [0.5, 0.6) is 0 Å². The first kappa shape index (κ1) is 18.6. The Kier molecular flexibility index (Phi) is 4.19. The molecule has 0 bridgehead atoms. The molecule has 0 aliphatic carbocycles. The van der Waals surface area contributed by atoms with E-state index in [0.29, 0.717) is 22.4 Å². The Hall–Kier alpha value is -4.17. The van der Waals surface area contributed by atoms with Crippen molar-refractivity contribution in [1.29, 1.82) is 0 Å². The van der Waals surface area contributed by atoms with E-state index in [-0.39, 0.29) is 5.56 Å². The zero-order chi connectivity index (χ0) is 21.7. The first-order valence-electron chi connectivity index (χ1n) is 10.0. The minimum Gasteiger partial charge on any atom is -0.361 e. The Bertz CT molecular complexity index is 1670. The lowest BCUT2D eigenvalue weighted by Crippen LogP contribution is -2.11. The number of hydrogen-bond donors (Lipinski definition) is 2. The Morgan fingerprint density at radius 1 is 0.938 bits per heavy atom. The Balaban J connectivity index is 1.64. The summed E-state index contributed by atoms with van der Waals surface area (Å²) in [4.78, 5) is 38.2. The van der Waals surface area contributed by atoms with Gasteiger partial charge in [0.1, 0.15) is 11.2 Å². The van der Waals surface area contributed by atoms with Gasteiger partial charge in [0, 0.05) is 29.5 Å². The van der Waals surface area contributed by atoms with Crippen LogP contribution in [0.4, 0.5) is 0 Å². The van der Waals surface area contributed by atoms with Gasteiger partial charge < -0.3 is 9.97 Å². The highest BCUT2D eigenvalue weighted by Gasteiger charge is 2.17. The molecule has 5 aromatic heterocycles. The van der Waals surface area contributed by atoms with Crippen LogP contribution in [-0.4, -0.2) is 29.9 Å². The molecule has 0 fully saturated rings. The van der Waals surface area contributed by atoms with Crippen LogP contribution in [0.3, 0.4) is 0 Å².